The molecule has 0 saturated carbocycles. The third-order valence-electron chi connectivity index (χ3n) is 5.12. The topological polar surface area (TPSA) is 125 Å². The normalized spacial score (nSPS) is 12.9. The average molecular weight is 444 g/mol. The van der Waals surface area contributed by atoms with Gasteiger partial charge in [-0.2, -0.15) is 4.98 Å². The van der Waals surface area contributed by atoms with Crippen LogP contribution in [0.15, 0.2) is 70.6 Å². The Morgan fingerprint density at radius 3 is 2.64 bits per heavy atom. The predicted octanol–water partition coefficient (Wildman–Crippen LogP) is 2.66. The number of aromatic hydroxyl groups is 1. The summed E-state index contributed by atoms with van der Waals surface area (Å²) in [5.41, 5.74) is 2.89. The summed E-state index contributed by atoms with van der Waals surface area (Å²) in [6, 6.07) is 13.5. The van der Waals surface area contributed by atoms with Crippen molar-refractivity contribution in [3.63, 3.8) is 0 Å². The number of aliphatic imine (C=N–C) groups is 1. The van der Waals surface area contributed by atoms with Crippen molar-refractivity contribution in [1.82, 2.24) is 14.9 Å². The van der Waals surface area contributed by atoms with Crippen LogP contribution >= 0.6 is 0 Å². The largest absolute Gasteiger partial charge is 0.508 e. The van der Waals surface area contributed by atoms with Crippen LogP contribution in [-0.4, -0.2) is 51.3 Å². The van der Waals surface area contributed by atoms with Crippen LogP contribution in [0.3, 0.4) is 0 Å². The van der Waals surface area contributed by atoms with Crippen LogP contribution in [-0.2, 0) is 9.53 Å². The number of benzene rings is 2. The Morgan fingerprint density at radius 1 is 1.12 bits per heavy atom. The van der Waals surface area contributed by atoms with Gasteiger partial charge in [-0.05, 0) is 60.5 Å². The van der Waals surface area contributed by atoms with Crippen molar-refractivity contribution in [2.45, 2.75) is 6.92 Å². The van der Waals surface area contributed by atoms with Crippen molar-refractivity contribution in [3.8, 4) is 28.3 Å². The lowest BCUT2D eigenvalue weighted by molar-refractivity contribution is -0.132. The molecular formula is C24H20N4O5. The van der Waals surface area contributed by atoms with Gasteiger partial charge in [0.15, 0.2) is 0 Å². The van der Waals surface area contributed by atoms with Crippen molar-refractivity contribution in [2.24, 2.45) is 4.99 Å². The molecule has 0 unspecified atom stereocenters. The lowest BCUT2D eigenvalue weighted by Gasteiger charge is -2.19. The number of carbonyl (C=O) groups is 2. The first kappa shape index (κ1) is 21.7. The molecule has 4 rings (SSSR count). The molecule has 0 saturated heterocycles. The van der Waals surface area contributed by atoms with Gasteiger partial charge in [-0.15, -0.1) is 0 Å². The zero-order valence-corrected chi connectivity index (χ0v) is 17.9. The SMILES string of the molecule is COC(=O)C1=NCN(C(=O)c2cccc(-c3cc(-c4ccc(O)c(C)c4)[nH]c(=O)n3)c2)C=C1. The van der Waals surface area contributed by atoms with Gasteiger partial charge >= 0.3 is 11.7 Å². The van der Waals surface area contributed by atoms with Crippen LogP contribution in [0.2, 0.25) is 0 Å². The number of methoxy groups -OCH3 is 1. The average Bonchev–Trinajstić information content (AvgIpc) is 2.84. The first-order valence-corrected chi connectivity index (χ1v) is 9.99. The highest BCUT2D eigenvalue weighted by atomic mass is 16.5. The number of rotatable bonds is 4. The third-order valence-corrected chi connectivity index (χ3v) is 5.12. The number of esters is 1. The predicted molar refractivity (Wildman–Crippen MR) is 122 cm³/mol. The van der Waals surface area contributed by atoms with E-state index in [0.29, 0.717) is 28.1 Å². The number of aromatic nitrogens is 2. The summed E-state index contributed by atoms with van der Waals surface area (Å²) >= 11 is 0. The van der Waals surface area contributed by atoms with E-state index < -0.39 is 11.7 Å². The van der Waals surface area contributed by atoms with Crippen LogP contribution in [0, 0.1) is 6.92 Å². The van der Waals surface area contributed by atoms with Gasteiger partial charge in [0.25, 0.3) is 5.91 Å². The fourth-order valence-corrected chi connectivity index (χ4v) is 3.34. The van der Waals surface area contributed by atoms with Crippen molar-refractivity contribution in [2.75, 3.05) is 13.8 Å². The molecule has 2 aromatic carbocycles. The maximum absolute atomic E-state index is 12.9. The van der Waals surface area contributed by atoms with E-state index in [0.717, 1.165) is 5.56 Å². The van der Waals surface area contributed by atoms with Crippen LogP contribution in [0.1, 0.15) is 15.9 Å². The maximum Gasteiger partial charge on any atom is 0.356 e. The molecule has 9 nitrogen and oxygen atoms in total. The molecule has 9 heteroatoms. The molecule has 0 radical (unpaired) electrons. The summed E-state index contributed by atoms with van der Waals surface area (Å²) in [5, 5.41) is 9.77. The Bertz CT molecular complexity index is 1370. The quantitative estimate of drug-likeness (QED) is 0.596. The number of ether oxygens (including phenoxy) is 1. The third kappa shape index (κ3) is 4.57. The highest BCUT2D eigenvalue weighted by Gasteiger charge is 2.19. The van der Waals surface area contributed by atoms with Gasteiger partial charge in [0.05, 0.1) is 18.5 Å². The number of hydrogen-bond donors (Lipinski definition) is 2. The molecule has 1 aromatic heterocycles. The minimum Gasteiger partial charge on any atom is -0.508 e. The highest BCUT2D eigenvalue weighted by molar-refractivity contribution is 6.41. The number of aromatic amines is 1. The molecule has 2 heterocycles. The number of phenols is 1. The number of nitrogens with one attached hydrogen (secondary N) is 1. The first-order chi connectivity index (χ1) is 15.9. The minimum absolute atomic E-state index is 0.0163. The van der Waals surface area contributed by atoms with Crippen LogP contribution < -0.4 is 5.69 Å². The molecule has 0 bridgehead atoms. The lowest BCUT2D eigenvalue weighted by Crippen LogP contribution is -2.30. The molecule has 3 aromatic rings. The summed E-state index contributed by atoms with van der Waals surface area (Å²) in [5.74, 6) is -0.725. The van der Waals surface area contributed by atoms with Crippen LogP contribution in [0.5, 0.6) is 5.75 Å². The number of aryl methyl sites for hydroxylation is 1. The fourth-order valence-electron chi connectivity index (χ4n) is 3.34. The number of nitrogens with zero attached hydrogens (tertiary/aromatic N) is 3. The van der Waals surface area contributed by atoms with Gasteiger partial charge < -0.3 is 14.8 Å². The zero-order chi connectivity index (χ0) is 23.5. The zero-order valence-electron chi connectivity index (χ0n) is 17.9. The monoisotopic (exact) mass is 444 g/mol. The fraction of sp³-hybridized carbons (Fsp3) is 0.125. The van der Waals surface area contributed by atoms with Gasteiger partial charge in [0.1, 0.15) is 18.1 Å². The van der Waals surface area contributed by atoms with Crippen molar-refractivity contribution < 1.29 is 19.4 Å². The van der Waals surface area contributed by atoms with E-state index in [-0.39, 0.29) is 24.0 Å². The van der Waals surface area contributed by atoms with E-state index >= 15 is 0 Å². The van der Waals surface area contributed by atoms with E-state index in [2.05, 4.69) is 19.7 Å². The van der Waals surface area contributed by atoms with Gasteiger partial charge in [0.2, 0.25) is 0 Å². The standard InChI is InChI=1S/C24H20N4O5/c1-14-10-16(6-7-21(14)29)20-12-19(26-24(32)27-20)15-4-3-5-17(11-15)22(30)28-9-8-18(25-13-28)23(31)33-2/h3-12,29H,13H2,1-2H3,(H,26,27,32). The molecule has 1 amide bonds. The number of amides is 1. The second-order valence-electron chi connectivity index (χ2n) is 7.33. The summed E-state index contributed by atoms with van der Waals surface area (Å²) < 4.78 is 4.63. The van der Waals surface area contributed by atoms with Crippen molar-refractivity contribution in [3.05, 3.63) is 82.4 Å². The summed E-state index contributed by atoms with van der Waals surface area (Å²) in [6.45, 7) is 1.75. The van der Waals surface area contributed by atoms with Gasteiger partial charge in [0, 0.05) is 17.3 Å². The van der Waals surface area contributed by atoms with Gasteiger partial charge in [-0.25, -0.2) is 9.59 Å². The molecule has 1 aliphatic heterocycles. The molecule has 0 fully saturated rings. The Morgan fingerprint density at radius 2 is 1.94 bits per heavy atom. The molecule has 0 spiro atoms. The van der Waals surface area contributed by atoms with Gasteiger partial charge in [-0.3, -0.25) is 14.7 Å². The van der Waals surface area contributed by atoms with Crippen molar-refractivity contribution in [1.29, 1.82) is 0 Å². The summed E-state index contributed by atoms with van der Waals surface area (Å²) in [7, 11) is 1.26. The Labute approximate surface area is 188 Å². The second kappa shape index (κ2) is 8.91. The Kier molecular flexibility index (Phi) is 5.86. The highest BCUT2D eigenvalue weighted by Crippen LogP contribution is 2.26. The van der Waals surface area contributed by atoms with Gasteiger partial charge in [-0.1, -0.05) is 12.1 Å². The van der Waals surface area contributed by atoms with Crippen LogP contribution in [0.4, 0.5) is 0 Å². The molecule has 166 valence electrons. The summed E-state index contributed by atoms with van der Waals surface area (Å²) in [4.78, 5) is 48.9. The molecule has 33 heavy (non-hydrogen) atoms. The van der Waals surface area contributed by atoms with E-state index in [1.165, 1.54) is 24.3 Å². The molecular weight excluding hydrogens is 424 g/mol. The lowest BCUT2D eigenvalue weighted by atomic mass is 10.0. The number of carbonyl (C=O) groups excluding carboxylic acids is 2. The minimum atomic E-state index is -0.569. The second-order valence-corrected chi connectivity index (χ2v) is 7.33. The van der Waals surface area contributed by atoms with E-state index in [1.54, 1.807) is 55.5 Å². The number of phenolic OH excluding ortho intramolecular Hbond substituents is 1. The molecule has 1 aliphatic rings. The number of H-pyrrole nitrogens is 1. The van der Waals surface area contributed by atoms with E-state index in [1.807, 2.05) is 0 Å². The summed E-state index contributed by atoms with van der Waals surface area (Å²) in [6.07, 6.45) is 2.90. The first-order valence-electron chi connectivity index (χ1n) is 9.99. The van der Waals surface area contributed by atoms with Crippen molar-refractivity contribution >= 4 is 17.6 Å². The Hall–Kier alpha value is -4.53. The molecule has 2 N–H and O–H groups in total. The van der Waals surface area contributed by atoms with E-state index in [4.69, 9.17) is 0 Å². The maximum atomic E-state index is 12.9. The molecule has 0 aliphatic carbocycles. The van der Waals surface area contributed by atoms with Crippen LogP contribution in [0.25, 0.3) is 22.5 Å². The Balaban J connectivity index is 1.63. The molecule has 0 atom stereocenters. The number of hydrogen-bond acceptors (Lipinski definition) is 7. The van der Waals surface area contributed by atoms with E-state index in [9.17, 15) is 19.5 Å². The smallest absolute Gasteiger partial charge is 0.356 e.